The van der Waals surface area contributed by atoms with Gasteiger partial charge in [0, 0.05) is 28.9 Å². The van der Waals surface area contributed by atoms with Crippen molar-refractivity contribution in [1.29, 1.82) is 0 Å². The van der Waals surface area contributed by atoms with Gasteiger partial charge in [0.2, 0.25) is 0 Å². The number of fused-ring (bicyclic) bond motifs is 1. The van der Waals surface area contributed by atoms with E-state index >= 15 is 0 Å². The molecular weight excluding hydrogens is 320 g/mol. The van der Waals surface area contributed by atoms with Crippen LogP contribution in [-0.2, 0) is 0 Å². The fourth-order valence-electron chi connectivity index (χ4n) is 2.49. The van der Waals surface area contributed by atoms with Crippen LogP contribution in [-0.4, -0.2) is 20.3 Å². The number of rotatable bonds is 3. The number of nitrogens with zero attached hydrogens (tertiary/aromatic N) is 3. The Morgan fingerprint density at radius 1 is 1.17 bits per heavy atom. The number of carbonyl (C=O) groups is 1. The molecule has 3 heterocycles. The summed E-state index contributed by atoms with van der Waals surface area (Å²) in [5.74, 6) is -0.188. The van der Waals surface area contributed by atoms with Crippen molar-refractivity contribution >= 4 is 28.0 Å². The second-order valence-corrected chi connectivity index (χ2v) is 6.28. The Balaban J connectivity index is 1.56. The molecule has 0 bridgehead atoms. The summed E-state index contributed by atoms with van der Waals surface area (Å²) >= 11 is 1.41. The molecule has 1 amide bonds. The van der Waals surface area contributed by atoms with Gasteiger partial charge in [0.15, 0.2) is 5.13 Å². The van der Waals surface area contributed by atoms with Crippen LogP contribution in [0.4, 0.5) is 5.13 Å². The summed E-state index contributed by atoms with van der Waals surface area (Å²) in [6, 6.07) is 13.4. The maximum Gasteiger partial charge on any atom is 0.257 e. The summed E-state index contributed by atoms with van der Waals surface area (Å²) in [5, 5.41) is 5.37. The van der Waals surface area contributed by atoms with E-state index in [-0.39, 0.29) is 5.91 Å². The quantitative estimate of drug-likeness (QED) is 0.615. The largest absolute Gasteiger partial charge is 0.307 e. The standard InChI is InChI=1S/C18H14N4OS/c1-12-10-22-8-7-14(9-16(22)19-12)17(23)21-18-20-15(11-24-18)13-5-3-2-4-6-13/h2-11H,1H3,(H,20,21,23). The van der Waals surface area contributed by atoms with Crippen molar-refractivity contribution in [2.24, 2.45) is 0 Å². The van der Waals surface area contributed by atoms with Gasteiger partial charge in [-0.25, -0.2) is 9.97 Å². The third-order valence-corrected chi connectivity index (χ3v) is 4.39. The Bertz CT molecular complexity index is 1020. The van der Waals surface area contributed by atoms with Crippen LogP contribution >= 0.6 is 11.3 Å². The van der Waals surface area contributed by atoms with Crippen LogP contribution in [0.5, 0.6) is 0 Å². The van der Waals surface area contributed by atoms with Gasteiger partial charge in [-0.1, -0.05) is 30.3 Å². The second-order valence-electron chi connectivity index (χ2n) is 5.42. The predicted molar refractivity (Wildman–Crippen MR) is 95.4 cm³/mol. The maximum absolute atomic E-state index is 12.4. The van der Waals surface area contributed by atoms with E-state index in [1.165, 1.54) is 11.3 Å². The summed E-state index contributed by atoms with van der Waals surface area (Å²) in [6.07, 6.45) is 3.76. The molecular formula is C18H14N4OS. The summed E-state index contributed by atoms with van der Waals surface area (Å²) in [7, 11) is 0. The van der Waals surface area contributed by atoms with Gasteiger partial charge in [-0.3, -0.25) is 10.1 Å². The number of pyridine rings is 1. The molecule has 0 aliphatic rings. The van der Waals surface area contributed by atoms with E-state index in [4.69, 9.17) is 0 Å². The number of benzene rings is 1. The van der Waals surface area contributed by atoms with E-state index in [9.17, 15) is 4.79 Å². The number of aromatic nitrogens is 3. The topological polar surface area (TPSA) is 59.3 Å². The van der Waals surface area contributed by atoms with Crippen LogP contribution in [0, 0.1) is 6.92 Å². The molecule has 0 aliphatic carbocycles. The summed E-state index contributed by atoms with van der Waals surface area (Å²) in [6.45, 7) is 1.92. The molecule has 4 rings (SSSR count). The molecule has 0 atom stereocenters. The van der Waals surface area contributed by atoms with Crippen molar-refractivity contribution in [3.63, 3.8) is 0 Å². The molecule has 4 aromatic rings. The first-order valence-electron chi connectivity index (χ1n) is 7.47. The Hall–Kier alpha value is -2.99. The number of amides is 1. The molecule has 0 aliphatic heterocycles. The van der Waals surface area contributed by atoms with Gasteiger partial charge >= 0.3 is 0 Å². The molecule has 0 unspecified atom stereocenters. The average molecular weight is 334 g/mol. The van der Waals surface area contributed by atoms with Crippen molar-refractivity contribution < 1.29 is 4.79 Å². The lowest BCUT2D eigenvalue weighted by molar-refractivity contribution is 0.102. The van der Waals surface area contributed by atoms with Gasteiger partial charge in [-0.15, -0.1) is 11.3 Å². The van der Waals surface area contributed by atoms with Crippen LogP contribution in [0.15, 0.2) is 60.2 Å². The fourth-order valence-corrected chi connectivity index (χ4v) is 3.21. The lowest BCUT2D eigenvalue weighted by atomic mass is 10.2. The molecule has 118 valence electrons. The molecule has 0 fully saturated rings. The lowest BCUT2D eigenvalue weighted by Crippen LogP contribution is -2.12. The number of imidazole rings is 1. The second kappa shape index (κ2) is 5.90. The molecule has 0 saturated heterocycles. The smallest absolute Gasteiger partial charge is 0.257 e. The number of anilines is 1. The van der Waals surface area contributed by atoms with Crippen molar-refractivity contribution in [1.82, 2.24) is 14.4 Å². The zero-order valence-corrected chi connectivity index (χ0v) is 13.7. The van der Waals surface area contributed by atoms with Crippen LogP contribution in [0.3, 0.4) is 0 Å². The first-order valence-corrected chi connectivity index (χ1v) is 8.35. The predicted octanol–water partition coefficient (Wildman–Crippen LogP) is 4.02. The summed E-state index contributed by atoms with van der Waals surface area (Å²) < 4.78 is 1.89. The average Bonchev–Trinajstić information content (AvgIpc) is 3.20. The normalized spacial score (nSPS) is 10.9. The van der Waals surface area contributed by atoms with Crippen LogP contribution < -0.4 is 5.32 Å². The van der Waals surface area contributed by atoms with Crippen molar-refractivity contribution in [3.05, 3.63) is 71.5 Å². The molecule has 0 radical (unpaired) electrons. The van der Waals surface area contributed by atoms with Gasteiger partial charge in [0.25, 0.3) is 5.91 Å². The Kier molecular flexibility index (Phi) is 3.59. The Labute approximate surface area is 142 Å². The Morgan fingerprint density at radius 3 is 2.83 bits per heavy atom. The van der Waals surface area contributed by atoms with Gasteiger partial charge in [0.05, 0.1) is 11.4 Å². The molecule has 6 heteroatoms. The third kappa shape index (κ3) is 2.79. The molecule has 0 spiro atoms. The monoisotopic (exact) mass is 334 g/mol. The van der Waals surface area contributed by atoms with Crippen LogP contribution in [0.2, 0.25) is 0 Å². The maximum atomic E-state index is 12.4. The number of hydrogen-bond donors (Lipinski definition) is 1. The third-order valence-electron chi connectivity index (χ3n) is 3.64. The summed E-state index contributed by atoms with van der Waals surface area (Å²) in [4.78, 5) is 21.3. The van der Waals surface area contributed by atoms with Crippen LogP contribution in [0.25, 0.3) is 16.9 Å². The number of aryl methyl sites for hydroxylation is 1. The number of hydrogen-bond acceptors (Lipinski definition) is 4. The highest BCUT2D eigenvalue weighted by Gasteiger charge is 2.11. The van der Waals surface area contributed by atoms with E-state index in [2.05, 4.69) is 15.3 Å². The zero-order valence-electron chi connectivity index (χ0n) is 12.9. The molecule has 5 nitrogen and oxygen atoms in total. The van der Waals surface area contributed by atoms with Gasteiger partial charge < -0.3 is 4.40 Å². The minimum absolute atomic E-state index is 0.188. The van der Waals surface area contributed by atoms with Gasteiger partial charge in [0.1, 0.15) is 5.65 Å². The number of thiazole rings is 1. The van der Waals surface area contributed by atoms with E-state index in [1.807, 2.05) is 59.4 Å². The minimum atomic E-state index is -0.188. The lowest BCUT2D eigenvalue weighted by Gasteiger charge is -2.02. The first-order chi connectivity index (χ1) is 11.7. The van der Waals surface area contributed by atoms with E-state index in [1.54, 1.807) is 12.1 Å². The van der Waals surface area contributed by atoms with Crippen LogP contribution in [0.1, 0.15) is 16.1 Å². The fraction of sp³-hybridized carbons (Fsp3) is 0.0556. The summed E-state index contributed by atoms with van der Waals surface area (Å²) in [5.41, 5.74) is 4.12. The van der Waals surface area contributed by atoms with Gasteiger partial charge in [-0.2, -0.15) is 0 Å². The van der Waals surface area contributed by atoms with Crippen molar-refractivity contribution in [2.45, 2.75) is 6.92 Å². The van der Waals surface area contributed by atoms with Gasteiger partial charge in [-0.05, 0) is 19.1 Å². The zero-order chi connectivity index (χ0) is 16.5. The van der Waals surface area contributed by atoms with Crippen molar-refractivity contribution in [3.8, 4) is 11.3 Å². The van der Waals surface area contributed by atoms with E-state index in [0.29, 0.717) is 10.7 Å². The highest BCUT2D eigenvalue weighted by atomic mass is 32.1. The number of nitrogens with one attached hydrogen (secondary N) is 1. The SMILES string of the molecule is Cc1cn2ccc(C(=O)Nc3nc(-c4ccccc4)cs3)cc2n1. The molecule has 1 N–H and O–H groups in total. The van der Waals surface area contributed by atoms with E-state index in [0.717, 1.165) is 22.6 Å². The van der Waals surface area contributed by atoms with E-state index < -0.39 is 0 Å². The molecule has 1 aromatic carbocycles. The highest BCUT2D eigenvalue weighted by molar-refractivity contribution is 7.14. The molecule has 0 saturated carbocycles. The first kappa shape index (κ1) is 14.6. The Morgan fingerprint density at radius 2 is 2.00 bits per heavy atom. The molecule has 3 aromatic heterocycles. The number of carbonyl (C=O) groups excluding carboxylic acids is 1. The minimum Gasteiger partial charge on any atom is -0.307 e. The molecule has 24 heavy (non-hydrogen) atoms. The highest BCUT2D eigenvalue weighted by Crippen LogP contribution is 2.25. The van der Waals surface area contributed by atoms with Crippen molar-refractivity contribution in [2.75, 3.05) is 5.32 Å².